The third-order valence-electron chi connectivity index (χ3n) is 3.95. The summed E-state index contributed by atoms with van der Waals surface area (Å²) in [6, 6.07) is 7.34. The van der Waals surface area contributed by atoms with Crippen molar-refractivity contribution in [2.45, 2.75) is 19.8 Å². The lowest BCUT2D eigenvalue weighted by molar-refractivity contribution is -0.150. The summed E-state index contributed by atoms with van der Waals surface area (Å²) in [6.07, 6.45) is 1.39. The number of rotatable bonds is 5. The van der Waals surface area contributed by atoms with Crippen LogP contribution >= 0.6 is 11.6 Å². The molecule has 1 aliphatic heterocycles. The predicted molar refractivity (Wildman–Crippen MR) is 78.4 cm³/mol. The number of likely N-dealkylation sites (tertiary alicyclic amines) is 1. The molecule has 1 N–H and O–H groups in total. The number of benzene rings is 1. The number of piperidine rings is 1. The minimum Gasteiger partial charge on any atom is -0.492 e. The van der Waals surface area contributed by atoms with E-state index in [0.29, 0.717) is 24.5 Å². The molecule has 1 fully saturated rings. The van der Waals surface area contributed by atoms with Gasteiger partial charge in [-0.25, -0.2) is 0 Å². The quantitative estimate of drug-likeness (QED) is 0.908. The number of aliphatic carboxylic acids is 1. The molecular formula is C15H20ClNO3. The monoisotopic (exact) mass is 297 g/mol. The number of hydrogen-bond acceptors (Lipinski definition) is 3. The summed E-state index contributed by atoms with van der Waals surface area (Å²) >= 11 is 5.89. The molecule has 110 valence electrons. The van der Waals surface area contributed by atoms with Crippen molar-refractivity contribution in [1.82, 2.24) is 4.90 Å². The van der Waals surface area contributed by atoms with Gasteiger partial charge in [-0.3, -0.25) is 9.69 Å². The van der Waals surface area contributed by atoms with Crippen molar-refractivity contribution in [2.24, 2.45) is 5.41 Å². The smallest absolute Gasteiger partial charge is 0.309 e. The Kier molecular flexibility index (Phi) is 4.89. The van der Waals surface area contributed by atoms with E-state index in [1.165, 1.54) is 0 Å². The van der Waals surface area contributed by atoms with Crippen molar-refractivity contribution in [3.05, 3.63) is 29.3 Å². The molecule has 1 heterocycles. The van der Waals surface area contributed by atoms with Crippen molar-refractivity contribution in [3.8, 4) is 5.75 Å². The van der Waals surface area contributed by atoms with E-state index in [9.17, 15) is 9.90 Å². The van der Waals surface area contributed by atoms with E-state index in [0.717, 1.165) is 25.4 Å². The van der Waals surface area contributed by atoms with E-state index in [1.807, 2.05) is 25.1 Å². The van der Waals surface area contributed by atoms with Gasteiger partial charge in [0.05, 0.1) is 5.41 Å². The Morgan fingerprint density at radius 2 is 2.15 bits per heavy atom. The van der Waals surface area contributed by atoms with Gasteiger partial charge in [0.2, 0.25) is 0 Å². The molecule has 0 aliphatic carbocycles. The highest BCUT2D eigenvalue weighted by Gasteiger charge is 2.36. The van der Waals surface area contributed by atoms with Crippen LogP contribution in [0.4, 0.5) is 0 Å². The van der Waals surface area contributed by atoms with Crippen LogP contribution in [0, 0.1) is 5.41 Å². The summed E-state index contributed by atoms with van der Waals surface area (Å²) in [4.78, 5) is 13.4. The molecule has 0 amide bonds. The minimum absolute atomic E-state index is 0.565. The fraction of sp³-hybridized carbons (Fsp3) is 0.533. The molecular weight excluding hydrogens is 278 g/mol. The average molecular weight is 298 g/mol. The Hall–Kier alpha value is -1.26. The maximum atomic E-state index is 11.2. The highest BCUT2D eigenvalue weighted by Crippen LogP contribution is 2.30. The summed E-state index contributed by atoms with van der Waals surface area (Å²) in [5, 5.41) is 9.84. The minimum atomic E-state index is -0.688. The molecule has 1 aromatic carbocycles. The molecule has 1 aliphatic rings. The molecule has 0 spiro atoms. The highest BCUT2D eigenvalue weighted by molar-refractivity contribution is 6.30. The second-order valence-corrected chi connectivity index (χ2v) is 5.95. The first kappa shape index (κ1) is 15.1. The van der Waals surface area contributed by atoms with Crippen LogP contribution in [0.5, 0.6) is 5.75 Å². The second-order valence-electron chi connectivity index (χ2n) is 5.51. The Bertz CT molecular complexity index is 470. The van der Waals surface area contributed by atoms with Crippen LogP contribution in [-0.4, -0.2) is 42.2 Å². The highest BCUT2D eigenvalue weighted by atomic mass is 35.5. The van der Waals surface area contributed by atoms with E-state index in [-0.39, 0.29) is 0 Å². The predicted octanol–water partition coefficient (Wildman–Crippen LogP) is 2.91. The molecule has 1 saturated heterocycles. The fourth-order valence-electron chi connectivity index (χ4n) is 2.33. The maximum absolute atomic E-state index is 11.2. The molecule has 2 rings (SSSR count). The van der Waals surface area contributed by atoms with Gasteiger partial charge in [-0.05, 0) is 51.1 Å². The SMILES string of the molecule is CC1(C(=O)O)CCN(CCOc2cccc(Cl)c2)CC1. The molecule has 20 heavy (non-hydrogen) atoms. The molecule has 4 nitrogen and oxygen atoms in total. The van der Waals surface area contributed by atoms with Crippen LogP contribution in [0.15, 0.2) is 24.3 Å². The summed E-state index contributed by atoms with van der Waals surface area (Å²) in [6.45, 7) is 4.84. The van der Waals surface area contributed by atoms with Crippen LogP contribution in [0.1, 0.15) is 19.8 Å². The van der Waals surface area contributed by atoms with E-state index in [1.54, 1.807) is 6.07 Å². The summed E-state index contributed by atoms with van der Waals surface area (Å²) in [7, 11) is 0. The number of ether oxygens (including phenoxy) is 1. The molecule has 0 bridgehead atoms. The van der Waals surface area contributed by atoms with Crippen molar-refractivity contribution in [3.63, 3.8) is 0 Å². The zero-order valence-corrected chi connectivity index (χ0v) is 12.4. The fourth-order valence-corrected chi connectivity index (χ4v) is 2.51. The van der Waals surface area contributed by atoms with Crippen molar-refractivity contribution < 1.29 is 14.6 Å². The van der Waals surface area contributed by atoms with Gasteiger partial charge in [-0.1, -0.05) is 17.7 Å². The summed E-state index contributed by atoms with van der Waals surface area (Å²) < 4.78 is 5.65. The molecule has 0 radical (unpaired) electrons. The topological polar surface area (TPSA) is 49.8 Å². The number of carbonyl (C=O) groups is 1. The molecule has 0 unspecified atom stereocenters. The van der Waals surface area contributed by atoms with Crippen LogP contribution in [0.3, 0.4) is 0 Å². The number of carboxylic acids is 1. The lowest BCUT2D eigenvalue weighted by Crippen LogP contribution is -2.43. The van der Waals surface area contributed by atoms with Crippen molar-refractivity contribution in [1.29, 1.82) is 0 Å². The van der Waals surface area contributed by atoms with Gasteiger partial charge in [0.25, 0.3) is 0 Å². The Morgan fingerprint density at radius 3 is 2.75 bits per heavy atom. The Morgan fingerprint density at radius 1 is 1.45 bits per heavy atom. The van der Waals surface area contributed by atoms with Crippen LogP contribution in [0.25, 0.3) is 0 Å². The standard InChI is InChI=1S/C15H20ClNO3/c1-15(14(18)19)5-7-17(8-6-15)9-10-20-13-4-2-3-12(16)11-13/h2-4,11H,5-10H2,1H3,(H,18,19). The van der Waals surface area contributed by atoms with Crippen molar-refractivity contribution in [2.75, 3.05) is 26.2 Å². The van der Waals surface area contributed by atoms with Gasteiger partial charge < -0.3 is 9.84 Å². The molecule has 0 atom stereocenters. The lowest BCUT2D eigenvalue weighted by Gasteiger charge is -2.36. The first-order chi connectivity index (χ1) is 9.49. The van der Waals surface area contributed by atoms with Crippen LogP contribution in [-0.2, 0) is 4.79 Å². The molecule has 1 aromatic rings. The van der Waals surface area contributed by atoms with Crippen LogP contribution < -0.4 is 4.74 Å². The maximum Gasteiger partial charge on any atom is 0.309 e. The van der Waals surface area contributed by atoms with Crippen molar-refractivity contribution >= 4 is 17.6 Å². The molecule has 5 heteroatoms. The average Bonchev–Trinajstić information content (AvgIpc) is 2.41. The van der Waals surface area contributed by atoms with E-state index in [2.05, 4.69) is 4.90 Å². The summed E-state index contributed by atoms with van der Waals surface area (Å²) in [5.74, 6) is 0.0808. The number of carboxylic acid groups (broad SMARTS) is 1. The lowest BCUT2D eigenvalue weighted by atomic mass is 9.80. The Balaban J connectivity index is 1.73. The van der Waals surface area contributed by atoms with Gasteiger partial charge in [-0.15, -0.1) is 0 Å². The third-order valence-corrected chi connectivity index (χ3v) is 4.18. The zero-order valence-electron chi connectivity index (χ0n) is 11.6. The third kappa shape index (κ3) is 3.87. The van der Waals surface area contributed by atoms with Crippen LogP contribution in [0.2, 0.25) is 5.02 Å². The normalized spacial score (nSPS) is 18.7. The van der Waals surface area contributed by atoms with Gasteiger partial charge in [0, 0.05) is 11.6 Å². The van der Waals surface area contributed by atoms with E-state index >= 15 is 0 Å². The molecule has 0 saturated carbocycles. The molecule has 0 aromatic heterocycles. The summed E-state index contributed by atoms with van der Waals surface area (Å²) in [5.41, 5.74) is -0.565. The largest absolute Gasteiger partial charge is 0.492 e. The first-order valence-corrected chi connectivity index (χ1v) is 7.21. The van der Waals surface area contributed by atoms with E-state index in [4.69, 9.17) is 16.3 Å². The Labute approximate surface area is 124 Å². The first-order valence-electron chi connectivity index (χ1n) is 6.84. The van der Waals surface area contributed by atoms with Gasteiger partial charge in [-0.2, -0.15) is 0 Å². The van der Waals surface area contributed by atoms with E-state index < -0.39 is 11.4 Å². The van der Waals surface area contributed by atoms with Gasteiger partial charge in [0.15, 0.2) is 0 Å². The zero-order chi connectivity index (χ0) is 14.6. The second kappa shape index (κ2) is 6.46. The number of nitrogens with zero attached hydrogens (tertiary/aromatic N) is 1. The number of halogens is 1. The van der Waals surface area contributed by atoms with Gasteiger partial charge >= 0.3 is 5.97 Å². The van der Waals surface area contributed by atoms with Gasteiger partial charge in [0.1, 0.15) is 12.4 Å². The number of hydrogen-bond donors (Lipinski definition) is 1.